The number of aromatic nitrogens is 2. The van der Waals surface area contributed by atoms with E-state index in [1.54, 1.807) is 6.07 Å². The van der Waals surface area contributed by atoms with Crippen LogP contribution < -0.4 is 0 Å². The zero-order valence-electron chi connectivity index (χ0n) is 14.4. The Bertz CT molecular complexity index is 1080. The van der Waals surface area contributed by atoms with Crippen molar-refractivity contribution in [2.45, 2.75) is 0 Å². The first-order chi connectivity index (χ1) is 13.2. The van der Waals surface area contributed by atoms with Crippen molar-refractivity contribution >= 4 is 35.4 Å². The molecule has 0 fully saturated rings. The number of nitrogens with zero attached hydrogens (tertiary/aromatic N) is 1. The summed E-state index contributed by atoms with van der Waals surface area (Å²) in [7, 11) is 0. The molecule has 4 heteroatoms. The number of rotatable bonds is 4. The number of hydrogen-bond acceptors (Lipinski definition) is 1. The summed E-state index contributed by atoms with van der Waals surface area (Å²) < 4.78 is 0. The van der Waals surface area contributed by atoms with Crippen molar-refractivity contribution in [1.29, 1.82) is 0 Å². The molecule has 0 amide bonds. The van der Waals surface area contributed by atoms with Crippen molar-refractivity contribution in [3.8, 4) is 22.5 Å². The van der Waals surface area contributed by atoms with Crippen molar-refractivity contribution in [1.82, 2.24) is 9.97 Å². The van der Waals surface area contributed by atoms with Crippen LogP contribution in [0.2, 0.25) is 10.0 Å². The fourth-order valence-corrected chi connectivity index (χ4v) is 3.30. The van der Waals surface area contributed by atoms with Crippen LogP contribution >= 0.6 is 23.2 Å². The average molecular weight is 391 g/mol. The molecule has 0 spiro atoms. The molecule has 0 aliphatic heterocycles. The molecule has 1 N–H and O–H groups in total. The highest BCUT2D eigenvalue weighted by molar-refractivity contribution is 6.43. The van der Waals surface area contributed by atoms with Gasteiger partial charge in [0.15, 0.2) is 0 Å². The number of H-pyrrole nitrogens is 1. The van der Waals surface area contributed by atoms with Crippen molar-refractivity contribution in [2.24, 2.45) is 0 Å². The molecule has 1 heterocycles. The van der Waals surface area contributed by atoms with E-state index in [9.17, 15) is 0 Å². The third kappa shape index (κ3) is 3.82. The van der Waals surface area contributed by atoms with Gasteiger partial charge < -0.3 is 4.98 Å². The molecule has 27 heavy (non-hydrogen) atoms. The molecule has 4 rings (SSSR count). The second kappa shape index (κ2) is 7.83. The second-order valence-electron chi connectivity index (χ2n) is 6.06. The Kier molecular flexibility index (Phi) is 5.10. The Morgan fingerprint density at radius 3 is 2.19 bits per heavy atom. The Morgan fingerprint density at radius 2 is 1.44 bits per heavy atom. The van der Waals surface area contributed by atoms with Crippen molar-refractivity contribution < 1.29 is 0 Å². The topological polar surface area (TPSA) is 28.7 Å². The van der Waals surface area contributed by atoms with Crippen LogP contribution in [0.25, 0.3) is 34.7 Å². The highest BCUT2D eigenvalue weighted by Crippen LogP contribution is 2.37. The summed E-state index contributed by atoms with van der Waals surface area (Å²) in [5, 5.41) is 1.03. The van der Waals surface area contributed by atoms with Crippen LogP contribution in [0.3, 0.4) is 0 Å². The molecule has 0 atom stereocenters. The van der Waals surface area contributed by atoms with Gasteiger partial charge in [-0.3, -0.25) is 0 Å². The predicted octanol–water partition coefficient (Wildman–Crippen LogP) is 7.22. The van der Waals surface area contributed by atoms with Gasteiger partial charge in [-0.1, -0.05) is 102 Å². The molecule has 0 saturated heterocycles. The van der Waals surface area contributed by atoms with Crippen LogP contribution in [0, 0.1) is 0 Å². The summed E-state index contributed by atoms with van der Waals surface area (Å²) in [6.45, 7) is 0. The Labute approximate surface area is 168 Å². The highest BCUT2D eigenvalue weighted by atomic mass is 35.5. The molecular formula is C23H16Cl2N2. The highest BCUT2D eigenvalue weighted by Gasteiger charge is 2.16. The van der Waals surface area contributed by atoms with Gasteiger partial charge >= 0.3 is 0 Å². The third-order valence-corrected chi connectivity index (χ3v) is 5.04. The van der Waals surface area contributed by atoms with Gasteiger partial charge in [-0.25, -0.2) is 4.98 Å². The lowest BCUT2D eigenvalue weighted by Gasteiger charge is -2.06. The molecule has 3 aromatic carbocycles. The van der Waals surface area contributed by atoms with Gasteiger partial charge in [0.2, 0.25) is 0 Å². The lowest BCUT2D eigenvalue weighted by Crippen LogP contribution is -1.85. The van der Waals surface area contributed by atoms with Gasteiger partial charge in [-0.15, -0.1) is 0 Å². The lowest BCUT2D eigenvalue weighted by molar-refractivity contribution is 1.27. The Hall–Kier alpha value is -2.81. The number of aromatic amines is 1. The quantitative estimate of drug-likeness (QED) is 0.391. The van der Waals surface area contributed by atoms with Crippen LogP contribution in [0.1, 0.15) is 11.4 Å². The first-order valence-electron chi connectivity index (χ1n) is 8.55. The van der Waals surface area contributed by atoms with Gasteiger partial charge in [-0.2, -0.15) is 0 Å². The molecule has 1 aromatic heterocycles. The monoisotopic (exact) mass is 390 g/mol. The van der Waals surface area contributed by atoms with Gasteiger partial charge in [-0.05, 0) is 17.7 Å². The number of nitrogens with one attached hydrogen (secondary N) is 1. The first-order valence-corrected chi connectivity index (χ1v) is 9.31. The minimum atomic E-state index is 0.513. The van der Waals surface area contributed by atoms with Crippen LogP contribution in [-0.2, 0) is 0 Å². The zero-order chi connectivity index (χ0) is 18.6. The molecule has 0 aliphatic carbocycles. The summed E-state index contributed by atoms with van der Waals surface area (Å²) in [5.41, 5.74) is 4.64. The molecule has 2 nitrogen and oxygen atoms in total. The maximum atomic E-state index is 6.47. The van der Waals surface area contributed by atoms with Crippen molar-refractivity contribution in [3.63, 3.8) is 0 Å². The largest absolute Gasteiger partial charge is 0.338 e. The van der Waals surface area contributed by atoms with E-state index in [-0.39, 0.29) is 0 Å². The maximum absolute atomic E-state index is 6.47. The van der Waals surface area contributed by atoms with Gasteiger partial charge in [0.05, 0.1) is 21.4 Å². The van der Waals surface area contributed by atoms with Crippen LogP contribution in [0.15, 0.2) is 78.9 Å². The molecule has 4 aromatic rings. The van der Waals surface area contributed by atoms with Gasteiger partial charge in [0.25, 0.3) is 0 Å². The van der Waals surface area contributed by atoms with E-state index in [1.807, 2.05) is 84.9 Å². The van der Waals surface area contributed by atoms with Gasteiger partial charge in [0, 0.05) is 11.1 Å². The molecule has 0 unspecified atom stereocenters. The van der Waals surface area contributed by atoms with E-state index in [4.69, 9.17) is 28.2 Å². The number of imidazole rings is 1. The Balaban J connectivity index is 1.83. The third-order valence-electron chi connectivity index (χ3n) is 4.22. The lowest BCUT2D eigenvalue weighted by atomic mass is 10.1. The molecule has 0 bridgehead atoms. The summed E-state index contributed by atoms with van der Waals surface area (Å²) in [6.07, 6.45) is 3.99. The molecular weight excluding hydrogens is 375 g/mol. The fraction of sp³-hybridized carbons (Fsp3) is 0. The first kappa shape index (κ1) is 17.6. The summed E-state index contributed by atoms with van der Waals surface area (Å²) in [6, 6.07) is 25.8. The Morgan fingerprint density at radius 1 is 0.741 bits per heavy atom. The standard InChI is InChI=1S/C23H16Cl2N2/c24-19-13-7-12-18(21(19)25)23-22(17-10-5-2-6-11-17)26-20(27-23)15-14-16-8-3-1-4-9-16/h1-15H,(H,26,27)/b15-14+. The van der Waals surface area contributed by atoms with E-state index in [0.717, 1.165) is 33.9 Å². The number of hydrogen-bond donors (Lipinski definition) is 1. The number of benzene rings is 3. The van der Waals surface area contributed by atoms with Gasteiger partial charge in [0.1, 0.15) is 5.82 Å². The molecule has 132 valence electrons. The van der Waals surface area contributed by atoms with E-state index in [1.165, 1.54) is 0 Å². The van der Waals surface area contributed by atoms with Crippen molar-refractivity contribution in [3.05, 3.63) is 100 Å². The van der Waals surface area contributed by atoms with E-state index < -0.39 is 0 Å². The minimum absolute atomic E-state index is 0.513. The summed E-state index contributed by atoms with van der Waals surface area (Å²) in [4.78, 5) is 8.19. The molecule has 0 saturated carbocycles. The fourth-order valence-electron chi connectivity index (χ4n) is 2.91. The van der Waals surface area contributed by atoms with E-state index in [0.29, 0.717) is 10.0 Å². The smallest absolute Gasteiger partial charge is 0.131 e. The van der Waals surface area contributed by atoms with E-state index in [2.05, 4.69) is 4.98 Å². The average Bonchev–Trinajstić information content (AvgIpc) is 3.14. The molecule has 0 aliphatic rings. The summed E-state index contributed by atoms with van der Waals surface area (Å²) >= 11 is 12.7. The van der Waals surface area contributed by atoms with Crippen molar-refractivity contribution in [2.75, 3.05) is 0 Å². The minimum Gasteiger partial charge on any atom is -0.338 e. The number of halogens is 2. The van der Waals surface area contributed by atoms with Crippen LogP contribution in [0.5, 0.6) is 0 Å². The SMILES string of the molecule is Clc1cccc(-c2[nH]c(/C=C/c3ccccc3)nc2-c2ccccc2)c1Cl. The second-order valence-corrected chi connectivity index (χ2v) is 6.84. The summed E-state index contributed by atoms with van der Waals surface area (Å²) in [5.74, 6) is 0.753. The van der Waals surface area contributed by atoms with E-state index >= 15 is 0 Å². The molecule has 0 radical (unpaired) electrons. The maximum Gasteiger partial charge on any atom is 0.131 e. The normalized spacial score (nSPS) is 11.2. The zero-order valence-corrected chi connectivity index (χ0v) is 15.9. The van der Waals surface area contributed by atoms with Crippen LogP contribution in [0.4, 0.5) is 0 Å². The van der Waals surface area contributed by atoms with Crippen LogP contribution in [-0.4, -0.2) is 9.97 Å². The predicted molar refractivity (Wildman–Crippen MR) is 115 cm³/mol.